The summed E-state index contributed by atoms with van der Waals surface area (Å²) in [5, 5.41) is 2.57. The van der Waals surface area contributed by atoms with E-state index in [1.807, 2.05) is 12.3 Å². The number of hydrogen-bond acceptors (Lipinski definition) is 4. The Morgan fingerprint density at radius 1 is 1.80 bits per heavy atom. The topological polar surface area (TPSA) is 34.6 Å². The van der Waals surface area contributed by atoms with Crippen LogP contribution in [0.15, 0.2) is 11.6 Å². The highest BCUT2D eigenvalue weighted by molar-refractivity contribution is 7.11. The van der Waals surface area contributed by atoms with Crippen LogP contribution >= 0.6 is 11.3 Å². The predicted octanol–water partition coefficient (Wildman–Crippen LogP) is 1.27. The summed E-state index contributed by atoms with van der Waals surface area (Å²) in [5.41, 5.74) is 0. The summed E-state index contributed by atoms with van der Waals surface area (Å²) in [6.45, 7) is 1.97. The van der Waals surface area contributed by atoms with Crippen LogP contribution in [-0.2, 0) is 4.74 Å². The maximum absolute atomic E-state index is 5.26. The molecule has 1 saturated heterocycles. The Morgan fingerprint density at radius 3 is 3.10 bits per heavy atom. The minimum atomic E-state index is -0.0499. The lowest BCUT2D eigenvalue weighted by molar-refractivity contribution is 0.178. The Hall–Kier alpha value is -0.610. The molecule has 1 aliphatic heterocycles. The zero-order valence-electron chi connectivity index (χ0n) is 5.48. The van der Waals surface area contributed by atoms with Crippen LogP contribution in [0.2, 0.25) is 0 Å². The van der Waals surface area contributed by atoms with E-state index in [0.717, 1.165) is 0 Å². The quantitative estimate of drug-likeness (QED) is 0.606. The van der Waals surface area contributed by atoms with Crippen molar-refractivity contribution in [1.29, 1.82) is 0 Å². The van der Waals surface area contributed by atoms with Crippen LogP contribution in [0.3, 0.4) is 0 Å². The molecule has 0 N–H and O–H groups in total. The number of nitrogens with zero attached hydrogens (tertiary/aromatic N) is 1. The van der Waals surface area contributed by atoms with Crippen LogP contribution < -0.4 is 4.74 Å². The van der Waals surface area contributed by atoms with Crippen LogP contribution in [0, 0.1) is 0 Å². The molecule has 1 aromatic rings. The maximum atomic E-state index is 5.26. The average molecular weight is 157 g/mol. The van der Waals surface area contributed by atoms with Gasteiger partial charge in [0.1, 0.15) is 6.10 Å². The third-order valence-corrected chi connectivity index (χ3v) is 1.94. The molecule has 2 unspecified atom stereocenters. The predicted molar refractivity (Wildman–Crippen MR) is 37.1 cm³/mol. The highest BCUT2D eigenvalue weighted by atomic mass is 32.1. The highest BCUT2D eigenvalue weighted by Gasteiger charge is 2.37. The van der Waals surface area contributed by atoms with Gasteiger partial charge in [-0.1, -0.05) is 11.3 Å². The normalized spacial score (nSPS) is 30.1. The van der Waals surface area contributed by atoms with Crippen molar-refractivity contribution < 1.29 is 9.47 Å². The first-order chi connectivity index (χ1) is 4.86. The summed E-state index contributed by atoms with van der Waals surface area (Å²) in [6, 6.07) is 0. The molecule has 2 rings (SSSR count). The fourth-order valence-corrected chi connectivity index (χ4v) is 1.17. The molecule has 4 heteroatoms. The minimum Gasteiger partial charge on any atom is -0.437 e. The van der Waals surface area contributed by atoms with Crippen molar-refractivity contribution in [3.63, 3.8) is 0 Å². The zero-order chi connectivity index (χ0) is 6.97. The van der Waals surface area contributed by atoms with Crippen molar-refractivity contribution in [3.05, 3.63) is 11.6 Å². The monoisotopic (exact) mass is 157 g/mol. The Bertz CT molecular complexity index is 212. The Labute approximate surface area is 62.6 Å². The van der Waals surface area contributed by atoms with Crippen LogP contribution in [0.25, 0.3) is 0 Å². The fourth-order valence-electron chi connectivity index (χ4n) is 0.658. The molecule has 1 aliphatic rings. The zero-order valence-corrected chi connectivity index (χ0v) is 6.30. The fraction of sp³-hybridized carbons (Fsp3) is 0.500. The molecule has 0 radical (unpaired) electrons. The average Bonchev–Trinajstić information content (AvgIpc) is 2.48. The van der Waals surface area contributed by atoms with E-state index in [0.29, 0.717) is 5.19 Å². The molecule has 1 aromatic heterocycles. The third kappa shape index (κ3) is 1.12. The van der Waals surface area contributed by atoms with E-state index >= 15 is 0 Å². The van der Waals surface area contributed by atoms with E-state index in [4.69, 9.17) is 9.47 Å². The minimum absolute atomic E-state index is 0.0499. The first-order valence-corrected chi connectivity index (χ1v) is 3.96. The molecule has 0 amide bonds. The van der Waals surface area contributed by atoms with Gasteiger partial charge in [-0.15, -0.1) is 0 Å². The maximum Gasteiger partial charge on any atom is 0.275 e. The summed E-state index contributed by atoms with van der Waals surface area (Å²) in [5.74, 6) is 0. The number of aromatic nitrogens is 1. The largest absolute Gasteiger partial charge is 0.437 e. The van der Waals surface area contributed by atoms with Crippen molar-refractivity contribution in [2.24, 2.45) is 0 Å². The van der Waals surface area contributed by atoms with Crippen molar-refractivity contribution >= 4 is 11.3 Å². The van der Waals surface area contributed by atoms with Gasteiger partial charge >= 0.3 is 0 Å². The van der Waals surface area contributed by atoms with E-state index < -0.39 is 0 Å². The highest BCUT2D eigenvalue weighted by Crippen LogP contribution is 2.26. The SMILES string of the molecule is CC1OC1Oc1nccs1. The molecule has 2 atom stereocenters. The lowest BCUT2D eigenvalue weighted by Crippen LogP contribution is -1.99. The van der Waals surface area contributed by atoms with Gasteiger partial charge in [-0.3, -0.25) is 0 Å². The Balaban J connectivity index is 1.93. The number of rotatable bonds is 2. The number of thiazole rings is 1. The molecule has 0 bridgehead atoms. The molecule has 0 aromatic carbocycles. The van der Waals surface area contributed by atoms with Gasteiger partial charge in [0, 0.05) is 11.6 Å². The molecule has 54 valence electrons. The summed E-state index contributed by atoms with van der Waals surface area (Å²) >= 11 is 1.48. The number of ether oxygens (including phenoxy) is 2. The lowest BCUT2D eigenvalue weighted by Gasteiger charge is -1.92. The van der Waals surface area contributed by atoms with Gasteiger partial charge < -0.3 is 9.47 Å². The molecular formula is C6H7NO2S. The summed E-state index contributed by atoms with van der Waals surface area (Å²) < 4.78 is 10.3. The second kappa shape index (κ2) is 2.21. The first-order valence-electron chi connectivity index (χ1n) is 3.08. The second-order valence-corrected chi connectivity index (χ2v) is 2.98. The van der Waals surface area contributed by atoms with Gasteiger partial charge in [0.15, 0.2) is 0 Å². The number of epoxide rings is 1. The molecule has 1 fully saturated rings. The van der Waals surface area contributed by atoms with Crippen LogP contribution in [0.4, 0.5) is 0 Å². The molecule has 2 heterocycles. The van der Waals surface area contributed by atoms with E-state index in [9.17, 15) is 0 Å². The van der Waals surface area contributed by atoms with E-state index in [2.05, 4.69) is 4.98 Å². The van der Waals surface area contributed by atoms with Gasteiger partial charge in [-0.05, 0) is 6.92 Å². The van der Waals surface area contributed by atoms with Crippen molar-refractivity contribution in [3.8, 4) is 5.19 Å². The van der Waals surface area contributed by atoms with Gasteiger partial charge in [-0.25, -0.2) is 4.98 Å². The smallest absolute Gasteiger partial charge is 0.275 e. The Kier molecular flexibility index (Phi) is 1.35. The standard InChI is InChI=1S/C6H7NO2S/c1-4-5(8-4)9-6-7-2-3-10-6/h2-5H,1H3. The van der Waals surface area contributed by atoms with Gasteiger partial charge in [0.2, 0.25) is 6.29 Å². The van der Waals surface area contributed by atoms with E-state index in [1.165, 1.54) is 11.3 Å². The van der Waals surface area contributed by atoms with Crippen LogP contribution in [0.5, 0.6) is 5.19 Å². The van der Waals surface area contributed by atoms with Crippen molar-refractivity contribution in [1.82, 2.24) is 4.98 Å². The second-order valence-electron chi connectivity index (χ2n) is 2.13. The summed E-state index contributed by atoms with van der Waals surface area (Å²) in [4.78, 5) is 3.95. The van der Waals surface area contributed by atoms with Crippen molar-refractivity contribution in [2.45, 2.75) is 19.3 Å². The molecular weight excluding hydrogens is 150 g/mol. The molecule has 10 heavy (non-hydrogen) atoms. The lowest BCUT2D eigenvalue weighted by atomic mass is 10.5. The number of hydrogen-bond donors (Lipinski definition) is 0. The van der Waals surface area contributed by atoms with Gasteiger partial charge in [0.05, 0.1) is 0 Å². The van der Waals surface area contributed by atoms with Gasteiger partial charge in [0.25, 0.3) is 5.19 Å². The first kappa shape index (κ1) is 6.12. The molecule has 0 aliphatic carbocycles. The molecule has 0 saturated carbocycles. The molecule has 3 nitrogen and oxygen atoms in total. The van der Waals surface area contributed by atoms with Gasteiger partial charge in [-0.2, -0.15) is 0 Å². The molecule has 0 spiro atoms. The summed E-state index contributed by atoms with van der Waals surface area (Å²) in [6.07, 6.45) is 1.91. The van der Waals surface area contributed by atoms with Crippen LogP contribution in [0.1, 0.15) is 6.92 Å². The van der Waals surface area contributed by atoms with Crippen molar-refractivity contribution in [2.75, 3.05) is 0 Å². The van der Waals surface area contributed by atoms with E-state index in [-0.39, 0.29) is 12.4 Å². The Morgan fingerprint density at radius 2 is 2.60 bits per heavy atom. The summed E-state index contributed by atoms with van der Waals surface area (Å²) in [7, 11) is 0. The third-order valence-electron chi connectivity index (χ3n) is 1.28. The van der Waals surface area contributed by atoms with Crippen LogP contribution in [-0.4, -0.2) is 17.4 Å². The van der Waals surface area contributed by atoms with E-state index in [1.54, 1.807) is 6.20 Å².